The van der Waals surface area contributed by atoms with Crippen LogP contribution in [0.4, 0.5) is 4.79 Å². The minimum Gasteiger partial charge on any atom is -0.465 e. The third-order valence-electron chi connectivity index (χ3n) is 3.61. The summed E-state index contributed by atoms with van der Waals surface area (Å²) in [5.74, 6) is -0.860. The predicted molar refractivity (Wildman–Crippen MR) is 57.0 cm³/mol. The lowest BCUT2D eigenvalue weighted by molar-refractivity contribution is -0.132. The summed E-state index contributed by atoms with van der Waals surface area (Å²) in [6.45, 7) is 0.663. The molecule has 0 aromatic carbocycles. The monoisotopic (exact) mass is 241 g/mol. The van der Waals surface area contributed by atoms with E-state index in [9.17, 15) is 14.4 Å². The number of rotatable bonds is 1. The molecule has 7 heteroatoms. The molecule has 2 fully saturated rings. The number of nitrogens with one attached hydrogen (secondary N) is 1. The Morgan fingerprint density at radius 3 is 2.71 bits per heavy atom. The standard InChI is InChI=1S/C10H15N3O4/c11-7(14)6-4-10(5-13(6)9(16)17)2-1-3-12-8(10)15/h6H,1-5H2,(H2,11,14)(H,12,15)(H,16,17)/t6-,10-/m0/s1. The van der Waals surface area contributed by atoms with Gasteiger partial charge in [0.15, 0.2) is 0 Å². The van der Waals surface area contributed by atoms with E-state index in [1.807, 2.05) is 0 Å². The number of likely N-dealkylation sites (tertiary alicyclic amines) is 1. The number of hydrogen-bond donors (Lipinski definition) is 3. The van der Waals surface area contributed by atoms with Gasteiger partial charge in [-0.15, -0.1) is 0 Å². The molecule has 2 atom stereocenters. The van der Waals surface area contributed by atoms with Crippen LogP contribution in [0, 0.1) is 5.41 Å². The predicted octanol–water partition coefficient (Wildman–Crippen LogP) is -0.880. The Hall–Kier alpha value is -1.79. The molecule has 7 nitrogen and oxygen atoms in total. The first-order chi connectivity index (χ1) is 7.96. The molecule has 0 unspecified atom stereocenters. The molecule has 0 aromatic heterocycles. The molecule has 4 N–H and O–H groups in total. The van der Waals surface area contributed by atoms with E-state index in [4.69, 9.17) is 10.8 Å². The van der Waals surface area contributed by atoms with Gasteiger partial charge in [-0.2, -0.15) is 0 Å². The van der Waals surface area contributed by atoms with Crippen molar-refractivity contribution in [2.24, 2.45) is 11.1 Å². The quantitative estimate of drug-likeness (QED) is 0.553. The van der Waals surface area contributed by atoms with Gasteiger partial charge in [0.1, 0.15) is 6.04 Å². The fourth-order valence-electron chi connectivity index (χ4n) is 2.71. The highest BCUT2D eigenvalue weighted by atomic mass is 16.4. The average molecular weight is 241 g/mol. The molecular formula is C10H15N3O4. The Bertz CT molecular complexity index is 360. The van der Waals surface area contributed by atoms with Gasteiger partial charge < -0.3 is 16.2 Å². The zero-order valence-electron chi connectivity index (χ0n) is 9.31. The first-order valence-electron chi connectivity index (χ1n) is 5.53. The summed E-state index contributed by atoms with van der Waals surface area (Å²) < 4.78 is 0. The summed E-state index contributed by atoms with van der Waals surface area (Å²) in [6.07, 6.45) is 0.390. The number of carboxylic acid groups (broad SMARTS) is 1. The normalized spacial score (nSPS) is 32.6. The highest BCUT2D eigenvalue weighted by Gasteiger charge is 2.53. The van der Waals surface area contributed by atoms with Crippen LogP contribution in [0.25, 0.3) is 0 Å². The Kier molecular flexibility index (Phi) is 2.68. The number of carbonyl (C=O) groups excluding carboxylic acids is 2. The van der Waals surface area contributed by atoms with Gasteiger partial charge in [0.2, 0.25) is 11.8 Å². The van der Waals surface area contributed by atoms with E-state index in [1.54, 1.807) is 0 Å². The second-order valence-corrected chi connectivity index (χ2v) is 4.67. The van der Waals surface area contributed by atoms with Crippen molar-refractivity contribution in [3.63, 3.8) is 0 Å². The lowest BCUT2D eigenvalue weighted by atomic mass is 9.78. The Morgan fingerprint density at radius 1 is 1.53 bits per heavy atom. The van der Waals surface area contributed by atoms with Gasteiger partial charge in [-0.05, 0) is 19.3 Å². The molecule has 0 aliphatic carbocycles. The number of amides is 3. The van der Waals surface area contributed by atoms with Crippen molar-refractivity contribution in [3.8, 4) is 0 Å². The van der Waals surface area contributed by atoms with Crippen LogP contribution in [0.2, 0.25) is 0 Å². The summed E-state index contributed by atoms with van der Waals surface area (Å²) in [7, 11) is 0. The van der Waals surface area contributed by atoms with Crippen LogP contribution in [0.15, 0.2) is 0 Å². The molecule has 2 rings (SSSR count). The zero-order chi connectivity index (χ0) is 12.6. The van der Waals surface area contributed by atoms with Gasteiger partial charge in [-0.3, -0.25) is 14.5 Å². The van der Waals surface area contributed by atoms with Crippen molar-refractivity contribution in [2.45, 2.75) is 25.3 Å². The van der Waals surface area contributed by atoms with Crippen molar-refractivity contribution in [2.75, 3.05) is 13.1 Å². The Labute approximate surface area is 97.9 Å². The lowest BCUT2D eigenvalue weighted by Gasteiger charge is -2.31. The van der Waals surface area contributed by atoms with E-state index in [2.05, 4.69) is 5.32 Å². The van der Waals surface area contributed by atoms with E-state index in [0.29, 0.717) is 13.0 Å². The molecule has 0 radical (unpaired) electrons. The maximum Gasteiger partial charge on any atom is 0.408 e. The third kappa shape index (κ3) is 1.81. The van der Waals surface area contributed by atoms with E-state index in [1.165, 1.54) is 0 Å². The minimum absolute atomic E-state index is 0.0573. The molecule has 2 aliphatic heterocycles. The highest BCUT2D eigenvalue weighted by Crippen LogP contribution is 2.40. The van der Waals surface area contributed by atoms with Gasteiger partial charge >= 0.3 is 6.09 Å². The average Bonchev–Trinajstić information content (AvgIpc) is 2.64. The second kappa shape index (κ2) is 3.90. The van der Waals surface area contributed by atoms with Gasteiger partial charge in [-0.1, -0.05) is 0 Å². The van der Waals surface area contributed by atoms with Crippen LogP contribution in [0.5, 0.6) is 0 Å². The van der Waals surface area contributed by atoms with Crippen LogP contribution in [-0.2, 0) is 9.59 Å². The van der Waals surface area contributed by atoms with E-state index < -0.39 is 23.5 Å². The van der Waals surface area contributed by atoms with Crippen LogP contribution in [0.3, 0.4) is 0 Å². The fourth-order valence-corrected chi connectivity index (χ4v) is 2.71. The SMILES string of the molecule is NC(=O)[C@@H]1C[C@@]2(CCCNC2=O)CN1C(=O)O. The molecule has 17 heavy (non-hydrogen) atoms. The summed E-state index contributed by atoms with van der Waals surface area (Å²) >= 11 is 0. The number of hydrogen-bond acceptors (Lipinski definition) is 3. The first-order valence-corrected chi connectivity index (χ1v) is 5.53. The summed E-state index contributed by atoms with van der Waals surface area (Å²) in [6, 6.07) is -0.892. The van der Waals surface area contributed by atoms with E-state index >= 15 is 0 Å². The second-order valence-electron chi connectivity index (χ2n) is 4.67. The lowest BCUT2D eigenvalue weighted by Crippen LogP contribution is -2.47. The van der Waals surface area contributed by atoms with Crippen LogP contribution >= 0.6 is 0 Å². The molecule has 0 aromatic rings. The Morgan fingerprint density at radius 2 is 2.24 bits per heavy atom. The minimum atomic E-state index is -1.20. The van der Waals surface area contributed by atoms with Crippen molar-refractivity contribution in [1.29, 1.82) is 0 Å². The summed E-state index contributed by atoms with van der Waals surface area (Å²) in [4.78, 5) is 35.1. The van der Waals surface area contributed by atoms with E-state index in [-0.39, 0.29) is 18.9 Å². The maximum atomic E-state index is 11.9. The van der Waals surface area contributed by atoms with Gasteiger partial charge in [0, 0.05) is 13.1 Å². The molecule has 0 bridgehead atoms. The molecule has 2 heterocycles. The molecule has 3 amide bonds. The van der Waals surface area contributed by atoms with Gasteiger partial charge in [0.25, 0.3) is 0 Å². The zero-order valence-corrected chi connectivity index (χ0v) is 9.31. The number of nitrogens with two attached hydrogens (primary N) is 1. The number of nitrogens with zero attached hydrogens (tertiary/aromatic N) is 1. The highest BCUT2D eigenvalue weighted by molar-refractivity contribution is 5.90. The number of piperidine rings is 1. The van der Waals surface area contributed by atoms with Gasteiger partial charge in [0.05, 0.1) is 5.41 Å². The molecule has 1 spiro atoms. The van der Waals surface area contributed by atoms with Crippen LogP contribution < -0.4 is 11.1 Å². The molecule has 0 saturated carbocycles. The number of primary amides is 1. The molecular weight excluding hydrogens is 226 g/mol. The molecule has 2 aliphatic rings. The van der Waals surface area contributed by atoms with E-state index in [0.717, 1.165) is 11.3 Å². The van der Waals surface area contributed by atoms with Crippen LogP contribution in [-0.4, -0.2) is 47.0 Å². The Balaban J connectivity index is 2.26. The van der Waals surface area contributed by atoms with Crippen molar-refractivity contribution >= 4 is 17.9 Å². The topological polar surface area (TPSA) is 113 Å². The fraction of sp³-hybridized carbons (Fsp3) is 0.700. The smallest absolute Gasteiger partial charge is 0.408 e. The third-order valence-corrected chi connectivity index (χ3v) is 3.61. The molecule has 94 valence electrons. The van der Waals surface area contributed by atoms with Crippen molar-refractivity contribution in [3.05, 3.63) is 0 Å². The van der Waals surface area contributed by atoms with Crippen molar-refractivity contribution < 1.29 is 19.5 Å². The largest absolute Gasteiger partial charge is 0.465 e. The first kappa shape index (κ1) is 11.7. The maximum absolute atomic E-state index is 11.9. The van der Waals surface area contributed by atoms with Crippen LogP contribution in [0.1, 0.15) is 19.3 Å². The number of carbonyl (C=O) groups is 3. The summed E-state index contributed by atoms with van der Waals surface area (Å²) in [5.41, 5.74) is 4.42. The summed E-state index contributed by atoms with van der Waals surface area (Å²) in [5, 5.41) is 11.7. The van der Waals surface area contributed by atoms with Gasteiger partial charge in [-0.25, -0.2) is 4.79 Å². The van der Waals surface area contributed by atoms with Crippen molar-refractivity contribution in [1.82, 2.24) is 10.2 Å². The molecule has 2 saturated heterocycles.